The number of carbonyl (C=O) groups excluding carboxylic acids is 2. The fourth-order valence-electron chi connectivity index (χ4n) is 4.99. The van der Waals surface area contributed by atoms with Crippen molar-refractivity contribution in [2.45, 2.75) is 84.0 Å². The zero-order valence-electron chi connectivity index (χ0n) is 18.5. The number of hydrogen-bond donors (Lipinski definition) is 1. The lowest BCUT2D eigenvalue weighted by Gasteiger charge is -2.47. The van der Waals surface area contributed by atoms with Crippen LogP contribution in [-0.2, 0) is 11.3 Å². The van der Waals surface area contributed by atoms with Crippen LogP contribution in [0.15, 0.2) is 34.9 Å². The molecule has 0 radical (unpaired) electrons. The van der Waals surface area contributed by atoms with Crippen molar-refractivity contribution in [1.29, 1.82) is 0 Å². The Hall–Kier alpha value is -2.50. The van der Waals surface area contributed by atoms with Crippen LogP contribution in [0, 0.1) is 5.92 Å². The fraction of sp³-hybridized carbons (Fsp3) is 0.583. The molecule has 1 saturated carbocycles. The number of carbonyl (C=O) groups is 2. The van der Waals surface area contributed by atoms with E-state index in [1.165, 1.54) is 0 Å². The Morgan fingerprint density at radius 2 is 1.93 bits per heavy atom. The molecule has 0 spiro atoms. The standard InChI is InChI=1S/C24H33N3O3/c1-5-17(3)27-22(28)20-13-12-19(21-7-6-14-30-21)26(20)15-24(27,4)23(29)25-18-10-8-16(2)9-11-18/h6-7,12-14,16-18H,5,8-11,15H2,1-4H3,(H,25,29)/t16?,17-,18?,24+/m0/s1. The Morgan fingerprint density at radius 3 is 2.57 bits per heavy atom. The Bertz CT molecular complexity index is 908. The van der Waals surface area contributed by atoms with Gasteiger partial charge in [-0.1, -0.05) is 13.8 Å². The van der Waals surface area contributed by atoms with E-state index in [-0.39, 0.29) is 23.9 Å². The monoisotopic (exact) mass is 411 g/mol. The van der Waals surface area contributed by atoms with E-state index in [9.17, 15) is 9.59 Å². The van der Waals surface area contributed by atoms with Crippen LogP contribution in [0.3, 0.4) is 0 Å². The molecule has 4 rings (SSSR count). The summed E-state index contributed by atoms with van der Waals surface area (Å²) in [4.78, 5) is 29.0. The predicted molar refractivity (Wildman–Crippen MR) is 116 cm³/mol. The molecule has 0 bridgehead atoms. The third kappa shape index (κ3) is 3.46. The summed E-state index contributed by atoms with van der Waals surface area (Å²) in [7, 11) is 0. The number of fused-ring (bicyclic) bond motifs is 1. The van der Waals surface area contributed by atoms with E-state index < -0.39 is 5.54 Å². The van der Waals surface area contributed by atoms with E-state index in [4.69, 9.17) is 4.42 Å². The molecule has 1 N–H and O–H groups in total. The van der Waals surface area contributed by atoms with Gasteiger partial charge in [0.05, 0.1) is 18.5 Å². The van der Waals surface area contributed by atoms with Crippen molar-refractivity contribution in [3.8, 4) is 11.5 Å². The Balaban J connectivity index is 1.68. The van der Waals surface area contributed by atoms with Gasteiger partial charge in [-0.05, 0) is 76.1 Å². The molecule has 6 nitrogen and oxygen atoms in total. The molecule has 2 atom stereocenters. The summed E-state index contributed by atoms with van der Waals surface area (Å²) in [6, 6.07) is 7.63. The van der Waals surface area contributed by atoms with Gasteiger partial charge in [0.2, 0.25) is 5.91 Å². The van der Waals surface area contributed by atoms with Gasteiger partial charge in [0.25, 0.3) is 5.91 Å². The first kappa shape index (κ1) is 20.8. The lowest BCUT2D eigenvalue weighted by atomic mass is 9.86. The second kappa shape index (κ2) is 7.97. The summed E-state index contributed by atoms with van der Waals surface area (Å²) in [6.45, 7) is 8.68. The average molecular weight is 412 g/mol. The third-order valence-electron chi connectivity index (χ3n) is 7.06. The van der Waals surface area contributed by atoms with Crippen LogP contribution in [0.1, 0.15) is 70.3 Å². The SMILES string of the molecule is CC[C@H](C)N1C(=O)c2ccc(-c3ccco3)n2C[C@]1(C)C(=O)NC1CCC(C)CC1. The summed E-state index contributed by atoms with van der Waals surface area (Å²) < 4.78 is 7.54. The van der Waals surface area contributed by atoms with Gasteiger partial charge in [-0.2, -0.15) is 0 Å². The lowest BCUT2D eigenvalue weighted by molar-refractivity contribution is -0.135. The molecule has 0 aromatic carbocycles. The van der Waals surface area contributed by atoms with E-state index in [2.05, 4.69) is 19.2 Å². The highest BCUT2D eigenvalue weighted by Crippen LogP contribution is 2.35. The molecule has 3 heterocycles. The molecule has 2 aromatic rings. The van der Waals surface area contributed by atoms with Gasteiger partial charge in [-0.25, -0.2) is 0 Å². The van der Waals surface area contributed by atoms with Crippen molar-refractivity contribution in [3.63, 3.8) is 0 Å². The van der Waals surface area contributed by atoms with E-state index in [0.29, 0.717) is 18.0 Å². The van der Waals surface area contributed by atoms with Crippen molar-refractivity contribution < 1.29 is 14.0 Å². The normalized spacial score (nSPS) is 27.6. The van der Waals surface area contributed by atoms with Crippen LogP contribution in [0.4, 0.5) is 0 Å². The summed E-state index contributed by atoms with van der Waals surface area (Å²) in [5.41, 5.74) is 0.485. The molecule has 2 amide bonds. The number of nitrogens with zero attached hydrogens (tertiary/aromatic N) is 2. The maximum absolute atomic E-state index is 13.6. The summed E-state index contributed by atoms with van der Waals surface area (Å²) in [6.07, 6.45) is 6.71. The van der Waals surface area contributed by atoms with Gasteiger partial charge in [0.1, 0.15) is 17.0 Å². The zero-order chi connectivity index (χ0) is 21.5. The number of hydrogen-bond acceptors (Lipinski definition) is 3. The van der Waals surface area contributed by atoms with Crippen LogP contribution in [0.2, 0.25) is 0 Å². The van der Waals surface area contributed by atoms with Crippen molar-refractivity contribution in [1.82, 2.24) is 14.8 Å². The fourth-order valence-corrected chi connectivity index (χ4v) is 4.99. The molecule has 1 aliphatic heterocycles. The maximum Gasteiger partial charge on any atom is 0.271 e. The highest BCUT2D eigenvalue weighted by molar-refractivity contribution is 6.00. The molecule has 1 fully saturated rings. The lowest BCUT2D eigenvalue weighted by Crippen LogP contribution is -2.67. The van der Waals surface area contributed by atoms with Crippen molar-refractivity contribution >= 4 is 11.8 Å². The molecule has 0 unspecified atom stereocenters. The molecule has 2 aromatic heterocycles. The van der Waals surface area contributed by atoms with Crippen molar-refractivity contribution in [2.75, 3.05) is 0 Å². The largest absolute Gasteiger partial charge is 0.463 e. The Labute approximate surface area is 178 Å². The smallest absolute Gasteiger partial charge is 0.271 e. The zero-order valence-corrected chi connectivity index (χ0v) is 18.5. The Morgan fingerprint density at radius 1 is 1.23 bits per heavy atom. The van der Waals surface area contributed by atoms with Gasteiger partial charge < -0.3 is 19.2 Å². The summed E-state index contributed by atoms with van der Waals surface area (Å²) in [5.74, 6) is 1.28. The van der Waals surface area contributed by atoms with Crippen LogP contribution in [-0.4, -0.2) is 38.9 Å². The van der Waals surface area contributed by atoms with E-state index in [1.807, 2.05) is 42.7 Å². The second-order valence-electron chi connectivity index (χ2n) is 9.30. The number of aromatic nitrogens is 1. The summed E-state index contributed by atoms with van der Waals surface area (Å²) in [5, 5.41) is 3.29. The van der Waals surface area contributed by atoms with Crippen LogP contribution >= 0.6 is 0 Å². The molecule has 30 heavy (non-hydrogen) atoms. The topological polar surface area (TPSA) is 67.5 Å². The van der Waals surface area contributed by atoms with Gasteiger partial charge in [0.15, 0.2) is 0 Å². The molecular formula is C24H33N3O3. The van der Waals surface area contributed by atoms with Crippen LogP contribution in [0.5, 0.6) is 0 Å². The predicted octanol–water partition coefficient (Wildman–Crippen LogP) is 4.46. The van der Waals surface area contributed by atoms with Gasteiger partial charge in [-0.3, -0.25) is 9.59 Å². The van der Waals surface area contributed by atoms with Crippen molar-refractivity contribution in [2.24, 2.45) is 5.92 Å². The Kier molecular flexibility index (Phi) is 5.51. The highest BCUT2D eigenvalue weighted by atomic mass is 16.3. The first-order chi connectivity index (χ1) is 14.3. The van der Waals surface area contributed by atoms with Gasteiger partial charge in [0, 0.05) is 12.1 Å². The quantitative estimate of drug-likeness (QED) is 0.790. The number of nitrogens with one attached hydrogen (secondary N) is 1. The minimum atomic E-state index is -0.955. The second-order valence-corrected chi connectivity index (χ2v) is 9.30. The molecule has 6 heteroatoms. The van der Waals surface area contributed by atoms with Crippen LogP contribution in [0.25, 0.3) is 11.5 Å². The number of rotatable bonds is 5. The first-order valence-corrected chi connectivity index (χ1v) is 11.2. The molecule has 1 aliphatic carbocycles. The minimum absolute atomic E-state index is 0.0321. The number of amides is 2. The van der Waals surface area contributed by atoms with Gasteiger partial charge in [-0.15, -0.1) is 0 Å². The van der Waals surface area contributed by atoms with Gasteiger partial charge >= 0.3 is 0 Å². The molecule has 162 valence electrons. The van der Waals surface area contributed by atoms with E-state index in [1.54, 1.807) is 11.2 Å². The third-order valence-corrected chi connectivity index (χ3v) is 7.06. The van der Waals surface area contributed by atoms with E-state index >= 15 is 0 Å². The van der Waals surface area contributed by atoms with E-state index in [0.717, 1.165) is 43.7 Å². The molecule has 0 saturated heterocycles. The molecule has 2 aliphatic rings. The van der Waals surface area contributed by atoms with Crippen LogP contribution < -0.4 is 5.32 Å². The first-order valence-electron chi connectivity index (χ1n) is 11.2. The highest BCUT2D eigenvalue weighted by Gasteiger charge is 2.49. The van der Waals surface area contributed by atoms with Crippen molar-refractivity contribution in [3.05, 3.63) is 36.2 Å². The molecular weight excluding hydrogens is 378 g/mol. The summed E-state index contributed by atoms with van der Waals surface area (Å²) >= 11 is 0. The minimum Gasteiger partial charge on any atom is -0.463 e. The maximum atomic E-state index is 13.6. The number of furan rings is 1. The average Bonchev–Trinajstić information content (AvgIpc) is 3.39.